The molecule has 0 radical (unpaired) electrons. The smallest absolute Gasteiger partial charge is 0.169 e. The summed E-state index contributed by atoms with van der Waals surface area (Å²) in [5.74, 6) is 0.828. The Morgan fingerprint density at radius 1 is 1.45 bits per heavy atom. The highest BCUT2D eigenvalue weighted by molar-refractivity contribution is 9.10. The molecule has 0 saturated carbocycles. The molecule has 3 rings (SSSR count). The third-order valence-corrected chi connectivity index (χ3v) is 4.98. The molecular formula is C14H18BrN3OS. The first-order valence-corrected chi connectivity index (χ1v) is 8.61. The molecule has 2 aromatic heterocycles. The highest BCUT2D eigenvalue weighted by Gasteiger charge is 2.23. The molecule has 6 heteroatoms. The Morgan fingerprint density at radius 3 is 2.90 bits per heavy atom. The predicted molar refractivity (Wildman–Crippen MR) is 85.0 cm³/mol. The van der Waals surface area contributed by atoms with Crippen LogP contribution < -0.4 is 5.32 Å². The van der Waals surface area contributed by atoms with Crippen molar-refractivity contribution in [2.45, 2.75) is 19.4 Å². The zero-order valence-corrected chi connectivity index (χ0v) is 13.8. The molecule has 1 aliphatic rings. The summed E-state index contributed by atoms with van der Waals surface area (Å²) in [6.45, 7) is 6.57. The average molecular weight is 356 g/mol. The molecule has 1 fully saturated rings. The first-order chi connectivity index (χ1) is 9.78. The van der Waals surface area contributed by atoms with Crippen molar-refractivity contribution >= 4 is 27.3 Å². The second kappa shape index (κ2) is 6.39. The van der Waals surface area contributed by atoms with E-state index < -0.39 is 0 Å². The highest BCUT2D eigenvalue weighted by atomic mass is 79.9. The molecule has 1 unspecified atom stereocenters. The van der Waals surface area contributed by atoms with E-state index in [-0.39, 0.29) is 0 Å². The lowest BCUT2D eigenvalue weighted by Crippen LogP contribution is -2.45. The standard InChI is InChI=1S/C14H18BrN3OS/c1-2-11(18-7-5-16-6-8-18)14-17-10(9-20-14)12-3-4-13(15)19-12/h3-4,9,11,16H,2,5-8H2,1H3. The maximum absolute atomic E-state index is 5.58. The van der Waals surface area contributed by atoms with Gasteiger partial charge in [-0.2, -0.15) is 0 Å². The topological polar surface area (TPSA) is 41.3 Å². The van der Waals surface area contributed by atoms with Gasteiger partial charge in [0.15, 0.2) is 10.4 Å². The van der Waals surface area contributed by atoms with E-state index in [0.717, 1.165) is 48.7 Å². The Balaban J connectivity index is 1.80. The van der Waals surface area contributed by atoms with Gasteiger partial charge in [-0.05, 0) is 34.5 Å². The van der Waals surface area contributed by atoms with E-state index in [1.807, 2.05) is 12.1 Å². The van der Waals surface area contributed by atoms with E-state index in [1.165, 1.54) is 5.01 Å². The molecule has 0 aliphatic carbocycles. The molecule has 1 saturated heterocycles. The van der Waals surface area contributed by atoms with Gasteiger partial charge >= 0.3 is 0 Å². The van der Waals surface area contributed by atoms with Gasteiger partial charge in [0.25, 0.3) is 0 Å². The van der Waals surface area contributed by atoms with Crippen molar-refractivity contribution < 1.29 is 4.42 Å². The third kappa shape index (κ3) is 2.98. The van der Waals surface area contributed by atoms with Crippen molar-refractivity contribution in [2.24, 2.45) is 0 Å². The van der Waals surface area contributed by atoms with Crippen molar-refractivity contribution in [3.05, 3.63) is 27.2 Å². The predicted octanol–water partition coefficient (Wildman–Crippen LogP) is 3.52. The summed E-state index contributed by atoms with van der Waals surface area (Å²) in [6.07, 6.45) is 1.09. The molecule has 0 spiro atoms. The number of hydrogen-bond acceptors (Lipinski definition) is 5. The van der Waals surface area contributed by atoms with E-state index in [1.54, 1.807) is 11.3 Å². The van der Waals surface area contributed by atoms with Crippen LogP contribution in [0.2, 0.25) is 0 Å². The third-order valence-electron chi connectivity index (χ3n) is 3.61. The van der Waals surface area contributed by atoms with Crippen LogP contribution in [0, 0.1) is 0 Å². The summed E-state index contributed by atoms with van der Waals surface area (Å²) < 4.78 is 6.33. The van der Waals surface area contributed by atoms with Gasteiger partial charge in [0, 0.05) is 31.6 Å². The van der Waals surface area contributed by atoms with Gasteiger partial charge in [-0.3, -0.25) is 4.90 Å². The molecule has 0 aromatic carbocycles. The van der Waals surface area contributed by atoms with E-state index in [4.69, 9.17) is 9.40 Å². The molecule has 1 N–H and O–H groups in total. The van der Waals surface area contributed by atoms with Gasteiger partial charge in [0.05, 0.1) is 6.04 Å². The summed E-state index contributed by atoms with van der Waals surface area (Å²) in [7, 11) is 0. The summed E-state index contributed by atoms with van der Waals surface area (Å²) >= 11 is 5.07. The fraction of sp³-hybridized carbons (Fsp3) is 0.500. The fourth-order valence-electron chi connectivity index (χ4n) is 2.59. The molecule has 20 heavy (non-hydrogen) atoms. The fourth-order valence-corrected chi connectivity index (χ4v) is 3.92. The van der Waals surface area contributed by atoms with Crippen LogP contribution >= 0.6 is 27.3 Å². The first-order valence-electron chi connectivity index (χ1n) is 6.94. The van der Waals surface area contributed by atoms with Crippen LogP contribution in [0.3, 0.4) is 0 Å². The number of halogens is 1. The van der Waals surface area contributed by atoms with Gasteiger partial charge < -0.3 is 9.73 Å². The minimum atomic E-state index is 0.425. The van der Waals surface area contributed by atoms with Crippen LogP contribution in [0.25, 0.3) is 11.5 Å². The Kier molecular flexibility index (Phi) is 4.55. The van der Waals surface area contributed by atoms with E-state index in [0.29, 0.717) is 6.04 Å². The molecule has 0 bridgehead atoms. The molecular weight excluding hydrogens is 338 g/mol. The minimum Gasteiger partial charge on any atom is -0.448 e. The summed E-state index contributed by atoms with van der Waals surface area (Å²) in [5.41, 5.74) is 0.935. The van der Waals surface area contributed by atoms with Crippen LogP contribution in [0.5, 0.6) is 0 Å². The summed E-state index contributed by atoms with van der Waals surface area (Å²) in [5, 5.41) is 6.68. The largest absolute Gasteiger partial charge is 0.448 e. The maximum atomic E-state index is 5.58. The number of furan rings is 1. The monoisotopic (exact) mass is 355 g/mol. The molecule has 1 atom stereocenters. The van der Waals surface area contributed by atoms with Gasteiger partial charge in [-0.15, -0.1) is 11.3 Å². The van der Waals surface area contributed by atoms with E-state index >= 15 is 0 Å². The SMILES string of the molecule is CCC(c1nc(-c2ccc(Br)o2)cs1)N1CCNCC1. The van der Waals surface area contributed by atoms with Crippen LogP contribution in [0.15, 0.2) is 26.6 Å². The lowest BCUT2D eigenvalue weighted by atomic mass is 10.2. The van der Waals surface area contributed by atoms with Crippen LogP contribution in [0.1, 0.15) is 24.4 Å². The van der Waals surface area contributed by atoms with Gasteiger partial charge in [0.2, 0.25) is 0 Å². The zero-order valence-electron chi connectivity index (χ0n) is 11.4. The zero-order chi connectivity index (χ0) is 13.9. The lowest BCUT2D eigenvalue weighted by molar-refractivity contribution is 0.169. The summed E-state index contributed by atoms with van der Waals surface area (Å²) in [4.78, 5) is 7.31. The minimum absolute atomic E-state index is 0.425. The quantitative estimate of drug-likeness (QED) is 0.910. The number of aromatic nitrogens is 1. The van der Waals surface area contributed by atoms with Crippen molar-refractivity contribution in [1.29, 1.82) is 0 Å². The Bertz CT molecular complexity index is 562. The van der Waals surface area contributed by atoms with E-state index in [9.17, 15) is 0 Å². The average Bonchev–Trinajstić information content (AvgIpc) is 3.10. The number of piperazine rings is 1. The molecule has 1 aliphatic heterocycles. The second-order valence-corrected chi connectivity index (χ2v) is 6.56. The molecule has 108 valence electrons. The van der Waals surface area contributed by atoms with E-state index in [2.05, 4.69) is 38.5 Å². The molecule has 0 amide bonds. The van der Waals surface area contributed by atoms with Crippen LogP contribution in [-0.2, 0) is 0 Å². The normalized spacial score (nSPS) is 18.3. The number of nitrogens with zero attached hydrogens (tertiary/aromatic N) is 2. The maximum Gasteiger partial charge on any atom is 0.169 e. The Labute approximate surface area is 131 Å². The van der Waals surface area contributed by atoms with Crippen molar-refractivity contribution in [2.75, 3.05) is 26.2 Å². The Hall–Kier alpha value is -0.690. The van der Waals surface area contributed by atoms with Crippen molar-refractivity contribution in [3.8, 4) is 11.5 Å². The van der Waals surface area contributed by atoms with Crippen molar-refractivity contribution in [3.63, 3.8) is 0 Å². The Morgan fingerprint density at radius 2 is 2.25 bits per heavy atom. The number of hydrogen-bond donors (Lipinski definition) is 1. The number of nitrogens with one attached hydrogen (secondary N) is 1. The first kappa shape index (κ1) is 14.3. The summed E-state index contributed by atoms with van der Waals surface area (Å²) in [6, 6.07) is 4.28. The van der Waals surface area contributed by atoms with Crippen LogP contribution in [0.4, 0.5) is 0 Å². The number of thiazole rings is 1. The van der Waals surface area contributed by atoms with Gasteiger partial charge in [0.1, 0.15) is 10.7 Å². The van der Waals surface area contributed by atoms with Crippen LogP contribution in [-0.4, -0.2) is 36.1 Å². The molecule has 3 heterocycles. The second-order valence-electron chi connectivity index (χ2n) is 4.88. The van der Waals surface area contributed by atoms with Gasteiger partial charge in [-0.1, -0.05) is 6.92 Å². The highest BCUT2D eigenvalue weighted by Crippen LogP contribution is 2.32. The number of rotatable bonds is 4. The lowest BCUT2D eigenvalue weighted by Gasteiger charge is -2.33. The molecule has 4 nitrogen and oxygen atoms in total. The van der Waals surface area contributed by atoms with Gasteiger partial charge in [-0.25, -0.2) is 4.98 Å². The molecule has 2 aromatic rings. The van der Waals surface area contributed by atoms with Crippen molar-refractivity contribution in [1.82, 2.24) is 15.2 Å².